The molecule has 200 valence electrons. The van der Waals surface area contributed by atoms with Crippen LogP contribution in [0.4, 0.5) is 4.39 Å². The summed E-state index contributed by atoms with van der Waals surface area (Å²) in [7, 11) is 0. The average molecular weight is 540 g/mol. The van der Waals surface area contributed by atoms with Gasteiger partial charge in [0.1, 0.15) is 18.0 Å². The molecule has 4 N–H and O–H groups in total. The van der Waals surface area contributed by atoms with E-state index in [1.165, 1.54) is 29.5 Å². The van der Waals surface area contributed by atoms with E-state index in [4.69, 9.17) is 0 Å². The number of carbonyl (C=O) groups excluding carboxylic acids is 3. The number of benzene rings is 2. The van der Waals surface area contributed by atoms with Gasteiger partial charge in [-0.2, -0.15) is 0 Å². The van der Waals surface area contributed by atoms with Crippen LogP contribution in [0.25, 0.3) is 0 Å². The van der Waals surface area contributed by atoms with E-state index in [-0.39, 0.29) is 37.2 Å². The topological polar surface area (TPSA) is 119 Å². The van der Waals surface area contributed by atoms with Crippen LogP contribution in [0, 0.1) is 6.92 Å². The van der Waals surface area contributed by atoms with Crippen LogP contribution < -0.4 is 10.6 Å². The van der Waals surface area contributed by atoms with Crippen molar-refractivity contribution in [3.05, 3.63) is 87.6 Å². The van der Waals surface area contributed by atoms with Gasteiger partial charge >= 0.3 is 0 Å². The summed E-state index contributed by atoms with van der Waals surface area (Å²) in [5, 5.41) is 28.5. The summed E-state index contributed by atoms with van der Waals surface area (Å²) in [5.74, 6) is -1.98. The fraction of sp³-hybridized carbons (Fsp3) is 0.321. The van der Waals surface area contributed by atoms with Gasteiger partial charge in [0.05, 0.1) is 19.1 Å². The van der Waals surface area contributed by atoms with Crippen LogP contribution in [0.5, 0.6) is 5.75 Å². The van der Waals surface area contributed by atoms with E-state index in [9.17, 15) is 29.0 Å². The number of nitrogens with zero attached hydrogens (tertiary/aromatic N) is 1. The molecule has 4 atom stereocenters. The van der Waals surface area contributed by atoms with Gasteiger partial charge in [-0.1, -0.05) is 42.5 Å². The molecule has 1 saturated heterocycles. The number of thiophene rings is 1. The summed E-state index contributed by atoms with van der Waals surface area (Å²) in [4.78, 5) is 41.4. The van der Waals surface area contributed by atoms with Crippen molar-refractivity contribution >= 4 is 29.1 Å². The second-order valence-corrected chi connectivity index (χ2v) is 10.3. The van der Waals surface area contributed by atoms with E-state index in [1.54, 1.807) is 31.2 Å². The highest BCUT2D eigenvalue weighted by atomic mass is 32.1. The third kappa shape index (κ3) is 6.38. The number of alkyl halides is 1. The van der Waals surface area contributed by atoms with Crippen molar-refractivity contribution in [2.75, 3.05) is 6.54 Å². The molecule has 10 heteroatoms. The molecule has 38 heavy (non-hydrogen) atoms. The van der Waals surface area contributed by atoms with E-state index in [1.807, 2.05) is 23.6 Å². The summed E-state index contributed by atoms with van der Waals surface area (Å²) in [6.07, 6.45) is -3.22. The Hall–Kier alpha value is -3.76. The Kier molecular flexibility index (Phi) is 8.75. The lowest BCUT2D eigenvalue weighted by Crippen LogP contribution is -2.55. The van der Waals surface area contributed by atoms with Crippen molar-refractivity contribution in [2.45, 2.75) is 50.7 Å². The molecule has 1 aliphatic heterocycles. The lowest BCUT2D eigenvalue weighted by molar-refractivity contribution is -0.146. The summed E-state index contributed by atoms with van der Waals surface area (Å²) in [6, 6.07) is 15.1. The number of phenols is 1. The maximum atomic E-state index is 14.4. The third-order valence-corrected chi connectivity index (χ3v) is 7.53. The first kappa shape index (κ1) is 27.3. The van der Waals surface area contributed by atoms with Gasteiger partial charge in [0.25, 0.3) is 11.8 Å². The predicted molar refractivity (Wildman–Crippen MR) is 141 cm³/mol. The number of halogens is 1. The second kappa shape index (κ2) is 12.2. The van der Waals surface area contributed by atoms with Crippen LogP contribution in [0.2, 0.25) is 0 Å². The second-order valence-electron chi connectivity index (χ2n) is 9.30. The Labute approximate surface area is 224 Å². The minimum atomic E-state index is -1.74. The molecule has 3 amide bonds. The van der Waals surface area contributed by atoms with Gasteiger partial charge in [0.2, 0.25) is 5.91 Å². The van der Waals surface area contributed by atoms with Gasteiger partial charge in [0.15, 0.2) is 6.10 Å². The van der Waals surface area contributed by atoms with Crippen LogP contribution in [-0.4, -0.2) is 63.7 Å². The normalized spacial score (nSPS) is 18.6. The van der Waals surface area contributed by atoms with Gasteiger partial charge in [-0.05, 0) is 42.5 Å². The number of aliphatic hydroxyl groups excluding tert-OH is 1. The smallest absolute Gasteiger partial charge is 0.254 e. The first-order chi connectivity index (χ1) is 18.2. The Morgan fingerprint density at radius 3 is 2.58 bits per heavy atom. The van der Waals surface area contributed by atoms with E-state index < -0.39 is 42.1 Å². The first-order valence-electron chi connectivity index (χ1n) is 12.3. The highest BCUT2D eigenvalue weighted by Crippen LogP contribution is 2.24. The van der Waals surface area contributed by atoms with Crippen molar-refractivity contribution in [3.8, 4) is 5.75 Å². The average Bonchev–Trinajstić information content (AvgIpc) is 3.58. The number of amides is 3. The number of hydrogen-bond donors (Lipinski definition) is 4. The number of aliphatic hydroxyl groups is 1. The zero-order valence-electron chi connectivity index (χ0n) is 20.8. The molecule has 0 spiro atoms. The number of aromatic hydroxyl groups is 1. The van der Waals surface area contributed by atoms with Crippen LogP contribution in [-0.2, 0) is 22.6 Å². The monoisotopic (exact) mass is 539 g/mol. The van der Waals surface area contributed by atoms with Crippen LogP contribution in [0.1, 0.15) is 32.8 Å². The Bertz CT molecular complexity index is 1270. The molecule has 4 rings (SSSR count). The fourth-order valence-electron chi connectivity index (χ4n) is 4.55. The van der Waals surface area contributed by atoms with E-state index in [2.05, 4.69) is 10.6 Å². The zero-order valence-corrected chi connectivity index (χ0v) is 21.7. The molecular formula is C28H30FN3O5S. The lowest BCUT2D eigenvalue weighted by atomic mass is 9.98. The number of phenolic OH excluding ortho intramolecular Hbond substituents is 1. The molecule has 2 heterocycles. The predicted octanol–water partition coefficient (Wildman–Crippen LogP) is 2.72. The Morgan fingerprint density at radius 2 is 1.87 bits per heavy atom. The van der Waals surface area contributed by atoms with Crippen LogP contribution in [0.3, 0.4) is 0 Å². The van der Waals surface area contributed by atoms with E-state index in [0.717, 1.165) is 15.3 Å². The number of hydrogen-bond acceptors (Lipinski definition) is 6. The standard InChI is InChI=1S/C28H30FN3O5S/c1-17-21(10-5-11-24(17)33)26(35)31-22(13-18-7-3-2-4-8-18)25(34)28(37)32-16-19(29)14-23(32)27(36)30-15-20-9-6-12-38-20/h2-12,19,22-23,25,33-34H,13-16H2,1H3,(H,30,36)(H,31,35)/t19-,22-,23-,25-/m0/s1. The van der Waals surface area contributed by atoms with Gasteiger partial charge in [-0.25, -0.2) is 4.39 Å². The SMILES string of the molecule is Cc1c(O)cccc1C(=O)N[C@@H](Cc1ccccc1)[C@H](O)C(=O)N1C[C@@H](F)C[C@H]1C(=O)NCc1cccs1. The summed E-state index contributed by atoms with van der Waals surface area (Å²) < 4.78 is 14.4. The third-order valence-electron chi connectivity index (χ3n) is 6.65. The van der Waals surface area contributed by atoms with Crippen molar-refractivity contribution in [2.24, 2.45) is 0 Å². The van der Waals surface area contributed by atoms with Gasteiger partial charge in [0, 0.05) is 22.4 Å². The largest absolute Gasteiger partial charge is 0.508 e. The van der Waals surface area contributed by atoms with Gasteiger partial charge < -0.3 is 25.7 Å². The quantitative estimate of drug-likeness (QED) is 0.334. The molecule has 0 saturated carbocycles. The Balaban J connectivity index is 1.53. The van der Waals surface area contributed by atoms with Crippen LogP contribution in [0.15, 0.2) is 66.0 Å². The molecule has 2 aromatic carbocycles. The summed E-state index contributed by atoms with van der Waals surface area (Å²) in [5.41, 5.74) is 1.30. The molecule has 1 aromatic heterocycles. The number of rotatable bonds is 9. The van der Waals surface area contributed by atoms with Crippen molar-refractivity contribution in [3.63, 3.8) is 0 Å². The maximum Gasteiger partial charge on any atom is 0.254 e. The summed E-state index contributed by atoms with van der Waals surface area (Å²) >= 11 is 1.47. The minimum absolute atomic E-state index is 0.0589. The van der Waals surface area contributed by atoms with Crippen molar-refractivity contribution in [1.29, 1.82) is 0 Å². The number of likely N-dealkylation sites (tertiary alicyclic amines) is 1. The maximum absolute atomic E-state index is 14.4. The van der Waals surface area contributed by atoms with Crippen molar-refractivity contribution < 1.29 is 29.0 Å². The fourth-order valence-corrected chi connectivity index (χ4v) is 5.19. The van der Waals surface area contributed by atoms with Crippen LogP contribution >= 0.6 is 11.3 Å². The number of carbonyl (C=O) groups is 3. The summed E-state index contributed by atoms with van der Waals surface area (Å²) in [6.45, 7) is 1.51. The van der Waals surface area contributed by atoms with Crippen molar-refractivity contribution in [1.82, 2.24) is 15.5 Å². The molecule has 0 aliphatic carbocycles. The molecular weight excluding hydrogens is 509 g/mol. The first-order valence-corrected chi connectivity index (χ1v) is 13.2. The number of nitrogens with one attached hydrogen (secondary N) is 2. The molecule has 3 aromatic rings. The Morgan fingerprint density at radius 1 is 1.11 bits per heavy atom. The molecule has 1 fully saturated rings. The molecule has 8 nitrogen and oxygen atoms in total. The van der Waals surface area contributed by atoms with E-state index in [0.29, 0.717) is 5.56 Å². The van der Waals surface area contributed by atoms with Gasteiger partial charge in [-0.3, -0.25) is 14.4 Å². The highest BCUT2D eigenvalue weighted by molar-refractivity contribution is 7.09. The minimum Gasteiger partial charge on any atom is -0.508 e. The highest BCUT2D eigenvalue weighted by Gasteiger charge is 2.43. The molecule has 0 unspecified atom stereocenters. The molecule has 1 aliphatic rings. The van der Waals surface area contributed by atoms with Gasteiger partial charge in [-0.15, -0.1) is 11.3 Å². The van der Waals surface area contributed by atoms with E-state index >= 15 is 0 Å². The molecule has 0 radical (unpaired) electrons. The zero-order chi connectivity index (χ0) is 27.2. The molecule has 0 bridgehead atoms. The lowest BCUT2D eigenvalue weighted by Gasteiger charge is -2.30.